The minimum absolute atomic E-state index is 0. The zero-order valence-corrected chi connectivity index (χ0v) is 16.0. The predicted octanol–water partition coefficient (Wildman–Crippen LogP) is 3.96. The van der Waals surface area contributed by atoms with Crippen molar-refractivity contribution in [3.63, 3.8) is 0 Å². The second-order valence-corrected chi connectivity index (χ2v) is 5.14. The molecule has 0 saturated carbocycles. The molecule has 1 atom stereocenters. The second kappa shape index (κ2) is 6.97. The van der Waals surface area contributed by atoms with E-state index in [-0.39, 0.29) is 51.4 Å². The summed E-state index contributed by atoms with van der Waals surface area (Å²) in [4.78, 5) is 5.71. The van der Waals surface area contributed by atoms with Crippen LogP contribution in [0.3, 0.4) is 0 Å². The van der Waals surface area contributed by atoms with Crippen LogP contribution in [0.5, 0.6) is 0 Å². The third-order valence-electron chi connectivity index (χ3n) is 3.49. The summed E-state index contributed by atoms with van der Waals surface area (Å²) in [6.07, 6.45) is -7.67. The Hall–Kier alpha value is -0.0536. The summed E-state index contributed by atoms with van der Waals surface area (Å²) in [5.41, 5.74) is -7.65. The molecule has 1 aliphatic rings. The largest absolute Gasteiger partial charge is 0.478 e. The Kier molecular flexibility index (Phi) is 6.96. The van der Waals surface area contributed by atoms with Gasteiger partial charge in [0.05, 0.1) is 0 Å². The van der Waals surface area contributed by atoms with Crippen LogP contribution in [0.25, 0.3) is 0 Å². The van der Waals surface area contributed by atoms with Crippen molar-refractivity contribution < 1.29 is 80.1 Å². The fraction of sp³-hybridized carbons (Fsp3) is 0.889. The van der Waals surface area contributed by atoms with Gasteiger partial charge in [-0.25, -0.2) is 9.18 Å². The zero-order chi connectivity index (χ0) is 23.2. The fourth-order valence-electron chi connectivity index (χ4n) is 1.96. The molecule has 0 aromatic rings. The maximum atomic E-state index is 13.6. The molecule has 20 heteroatoms. The molecular weight excluding hydrogens is 497 g/mol. The number of likely N-dealkylation sites (tertiary alicyclic amines) is 1. The standard InChI is InChI=1S/C9HF16NO2.K/c10-2(1(27)28,6(17,18)19)7(20,21)26-8(22,23)4(13,14)3(11,12)5(15,16)9(26,24)25;/h(H,27,28);. The average Bonchev–Trinajstić information content (AvgIpc) is 2.41. The third-order valence-corrected chi connectivity index (χ3v) is 3.49. The van der Waals surface area contributed by atoms with Crippen molar-refractivity contribution in [2.75, 3.05) is 0 Å². The molecule has 0 aromatic heterocycles. The Morgan fingerprint density at radius 3 is 1.14 bits per heavy atom. The molecule has 0 spiro atoms. The minimum Gasteiger partial charge on any atom is -0.478 e. The van der Waals surface area contributed by atoms with E-state index in [1.54, 1.807) is 0 Å². The molecule has 3 nitrogen and oxygen atoms in total. The quantitative estimate of drug-likeness (QED) is 0.364. The average molecular weight is 498 g/mol. The molecule has 0 aliphatic carbocycles. The number of nitrogens with zero attached hydrogens (tertiary/aromatic N) is 1. The van der Waals surface area contributed by atoms with Gasteiger partial charge < -0.3 is 5.11 Å². The molecule has 1 rings (SSSR count). The van der Waals surface area contributed by atoms with E-state index in [0.717, 1.165) is 0 Å². The number of rotatable bonds is 3. The Balaban J connectivity index is 0.00000784. The van der Waals surface area contributed by atoms with Gasteiger partial charge in [-0.2, -0.15) is 65.9 Å². The number of aliphatic carboxylic acids is 1. The van der Waals surface area contributed by atoms with Crippen molar-refractivity contribution in [2.45, 2.75) is 47.8 Å². The van der Waals surface area contributed by atoms with Crippen LogP contribution in [-0.4, -0.2) is 115 Å². The van der Waals surface area contributed by atoms with Gasteiger partial charge in [0.1, 0.15) is 0 Å². The Labute approximate surface area is 189 Å². The molecule has 1 fully saturated rings. The first kappa shape index (κ1) is 28.9. The van der Waals surface area contributed by atoms with Crippen LogP contribution in [0.1, 0.15) is 0 Å². The zero-order valence-electron chi connectivity index (χ0n) is 12.9. The SMILES string of the molecule is O=C(O)C(F)(C(F)(F)F)C(F)(F)N1C(F)(F)C(F)(F)C(F)(F)C(F)(F)C1(F)F.[K]. The molecule has 1 N–H and O–H groups in total. The van der Waals surface area contributed by atoms with E-state index < -0.39 is 58.6 Å². The number of piperidine rings is 1. The fourth-order valence-corrected chi connectivity index (χ4v) is 1.96. The molecule has 1 radical (unpaired) electrons. The van der Waals surface area contributed by atoms with Crippen LogP contribution >= 0.6 is 0 Å². The van der Waals surface area contributed by atoms with E-state index in [2.05, 4.69) is 0 Å². The first-order valence-electron chi connectivity index (χ1n) is 5.87. The van der Waals surface area contributed by atoms with Crippen molar-refractivity contribution in [1.29, 1.82) is 0 Å². The number of hydrogen-bond acceptors (Lipinski definition) is 2. The van der Waals surface area contributed by atoms with Crippen LogP contribution in [-0.2, 0) is 4.79 Å². The predicted molar refractivity (Wildman–Crippen MR) is 54.8 cm³/mol. The van der Waals surface area contributed by atoms with E-state index in [1.165, 1.54) is 0 Å². The van der Waals surface area contributed by atoms with E-state index >= 15 is 0 Å². The van der Waals surface area contributed by atoms with Gasteiger partial charge >= 0.3 is 53.7 Å². The van der Waals surface area contributed by atoms with Crippen LogP contribution in [0, 0.1) is 0 Å². The molecular formula is C9HF16KNO2. The van der Waals surface area contributed by atoms with Gasteiger partial charge in [0.25, 0.3) is 0 Å². The summed E-state index contributed by atoms with van der Waals surface area (Å²) in [6.45, 7) is 0. The first-order chi connectivity index (χ1) is 11.8. The molecule has 0 bridgehead atoms. The van der Waals surface area contributed by atoms with Crippen LogP contribution in [0.15, 0.2) is 0 Å². The number of alkyl halides is 16. The number of carboxylic acid groups (broad SMARTS) is 1. The van der Waals surface area contributed by atoms with E-state index in [0.29, 0.717) is 0 Å². The Bertz CT molecular complexity index is 644. The minimum atomic E-state index is -8.17. The molecule has 167 valence electrons. The van der Waals surface area contributed by atoms with Crippen molar-refractivity contribution in [2.24, 2.45) is 0 Å². The summed E-state index contributed by atoms with van der Waals surface area (Å²) in [5, 5.41) is 7.92. The third kappa shape index (κ3) is 3.10. The summed E-state index contributed by atoms with van der Waals surface area (Å²) in [6, 6.07) is -24.2. The summed E-state index contributed by atoms with van der Waals surface area (Å²) < 4.78 is 209. The monoisotopic (exact) mass is 498 g/mol. The van der Waals surface area contributed by atoms with Gasteiger partial charge in [-0.05, 0) is 0 Å². The smallest absolute Gasteiger partial charge is 0.441 e. The van der Waals surface area contributed by atoms with Crippen molar-refractivity contribution >= 4 is 57.4 Å². The molecule has 0 aromatic carbocycles. The first-order valence-corrected chi connectivity index (χ1v) is 5.87. The van der Waals surface area contributed by atoms with Crippen LogP contribution in [0.2, 0.25) is 0 Å². The van der Waals surface area contributed by atoms with Crippen molar-refractivity contribution in [3.05, 3.63) is 0 Å². The van der Waals surface area contributed by atoms with Gasteiger partial charge in [-0.1, -0.05) is 0 Å². The normalized spacial score (nSPS) is 27.4. The topological polar surface area (TPSA) is 40.5 Å². The Morgan fingerprint density at radius 2 is 0.931 bits per heavy atom. The number of hydrogen-bond donors (Lipinski definition) is 1. The number of halogens is 16. The molecule has 1 unspecified atom stereocenters. The summed E-state index contributed by atoms with van der Waals surface area (Å²) in [7, 11) is 0. The van der Waals surface area contributed by atoms with Gasteiger partial charge in [-0.3, -0.25) is 0 Å². The number of carboxylic acids is 1. The van der Waals surface area contributed by atoms with E-state index in [4.69, 9.17) is 5.11 Å². The maximum absolute atomic E-state index is 13.6. The van der Waals surface area contributed by atoms with E-state index in [1.807, 2.05) is 0 Å². The second-order valence-electron chi connectivity index (χ2n) is 5.14. The molecule has 1 saturated heterocycles. The van der Waals surface area contributed by atoms with Gasteiger partial charge in [0.2, 0.25) is 0 Å². The van der Waals surface area contributed by atoms with E-state index in [9.17, 15) is 75.0 Å². The van der Waals surface area contributed by atoms with Gasteiger partial charge in [0.15, 0.2) is 0 Å². The molecule has 0 amide bonds. The Morgan fingerprint density at radius 1 is 0.655 bits per heavy atom. The molecule has 1 aliphatic heterocycles. The van der Waals surface area contributed by atoms with Crippen LogP contribution < -0.4 is 0 Å². The van der Waals surface area contributed by atoms with Crippen molar-refractivity contribution in [3.8, 4) is 0 Å². The van der Waals surface area contributed by atoms with Gasteiger partial charge in [-0.15, -0.1) is 4.90 Å². The number of carbonyl (C=O) groups is 1. The summed E-state index contributed by atoms with van der Waals surface area (Å²) >= 11 is 0. The summed E-state index contributed by atoms with van der Waals surface area (Å²) in [5.74, 6) is -28.4. The van der Waals surface area contributed by atoms with Crippen LogP contribution in [0.4, 0.5) is 70.2 Å². The van der Waals surface area contributed by atoms with Gasteiger partial charge in [0, 0.05) is 51.4 Å². The molecule has 29 heavy (non-hydrogen) atoms. The van der Waals surface area contributed by atoms with Crippen molar-refractivity contribution in [1.82, 2.24) is 4.90 Å². The molecule has 1 heterocycles. The maximum Gasteiger partial charge on any atom is 0.441 e.